The number of nitrogens with zero attached hydrogens (tertiary/aromatic N) is 3. The van der Waals surface area contributed by atoms with Gasteiger partial charge in [0.25, 0.3) is 0 Å². The lowest BCUT2D eigenvalue weighted by molar-refractivity contribution is 0.222. The Kier molecular flexibility index (Phi) is 6.80. The first-order valence-corrected chi connectivity index (χ1v) is 11.7. The second-order valence-electron chi connectivity index (χ2n) is 6.28. The lowest BCUT2D eigenvalue weighted by Gasteiger charge is -2.31. The molecule has 6 nitrogen and oxygen atoms in total. The van der Waals surface area contributed by atoms with E-state index in [1.807, 2.05) is 25.2 Å². The molecular weight excluding hydrogens is 450 g/mol. The lowest BCUT2D eigenvalue weighted by Crippen LogP contribution is -2.47. The van der Waals surface area contributed by atoms with Gasteiger partial charge in [-0.05, 0) is 37.4 Å². The van der Waals surface area contributed by atoms with Gasteiger partial charge in [-0.25, -0.2) is 13.4 Å². The van der Waals surface area contributed by atoms with Crippen molar-refractivity contribution in [3.05, 3.63) is 46.6 Å². The Morgan fingerprint density at radius 2 is 1.93 bits per heavy atom. The third kappa shape index (κ3) is 5.03. The van der Waals surface area contributed by atoms with Gasteiger partial charge < -0.3 is 9.64 Å². The maximum Gasteiger partial charge on any atom is 0.244 e. The number of halogens is 1. The average molecular weight is 472 g/mol. The molecule has 1 aliphatic heterocycles. The van der Waals surface area contributed by atoms with Crippen LogP contribution in [-0.4, -0.2) is 62.9 Å². The second kappa shape index (κ2) is 8.91. The van der Waals surface area contributed by atoms with Crippen LogP contribution in [0.25, 0.3) is 0 Å². The molecule has 0 amide bonds. The predicted octanol–water partition coefficient (Wildman–Crippen LogP) is 3.08. The number of ether oxygens (including phenoxy) is 1. The molecule has 3 rings (SSSR count). The maximum absolute atomic E-state index is 12.7. The monoisotopic (exact) mass is 471 g/mol. The van der Waals surface area contributed by atoms with Crippen LogP contribution in [0.1, 0.15) is 5.56 Å². The number of benzene rings is 1. The minimum absolute atomic E-state index is 0.247. The van der Waals surface area contributed by atoms with E-state index in [1.165, 1.54) is 22.3 Å². The van der Waals surface area contributed by atoms with Crippen molar-refractivity contribution in [2.24, 2.45) is 0 Å². The van der Waals surface area contributed by atoms with Crippen LogP contribution in [-0.2, 0) is 15.8 Å². The summed E-state index contributed by atoms with van der Waals surface area (Å²) >= 11 is 5.01. The van der Waals surface area contributed by atoms with E-state index < -0.39 is 10.0 Å². The molecule has 1 aromatic heterocycles. The van der Waals surface area contributed by atoms with Crippen LogP contribution in [0.2, 0.25) is 0 Å². The van der Waals surface area contributed by atoms with Crippen LogP contribution < -0.4 is 4.74 Å². The first-order valence-electron chi connectivity index (χ1n) is 8.50. The fraction of sp³-hybridized carbons (Fsp3) is 0.389. The zero-order valence-corrected chi connectivity index (χ0v) is 18.5. The number of methoxy groups -OCH3 is 1. The Balaban J connectivity index is 1.68. The van der Waals surface area contributed by atoms with Gasteiger partial charge in [-0.1, -0.05) is 15.9 Å². The summed E-state index contributed by atoms with van der Waals surface area (Å²) in [4.78, 5) is 6.71. The smallest absolute Gasteiger partial charge is 0.244 e. The lowest BCUT2D eigenvalue weighted by atomic mass is 10.2. The molecule has 1 aliphatic rings. The summed E-state index contributed by atoms with van der Waals surface area (Å²) in [5.41, 5.74) is 1.05. The number of hydrogen-bond acceptors (Lipinski definition) is 6. The molecule has 9 heteroatoms. The van der Waals surface area contributed by atoms with Gasteiger partial charge >= 0.3 is 0 Å². The van der Waals surface area contributed by atoms with Crippen LogP contribution in [0.4, 0.5) is 0 Å². The number of sulfonamides is 1. The van der Waals surface area contributed by atoms with E-state index in [4.69, 9.17) is 4.74 Å². The Morgan fingerprint density at radius 3 is 2.56 bits per heavy atom. The second-order valence-corrected chi connectivity index (χ2v) is 10.1. The molecule has 2 aromatic rings. The van der Waals surface area contributed by atoms with E-state index in [0.717, 1.165) is 33.9 Å². The van der Waals surface area contributed by atoms with Crippen molar-refractivity contribution in [1.29, 1.82) is 0 Å². The van der Waals surface area contributed by atoms with Crippen LogP contribution in [0.3, 0.4) is 0 Å². The fourth-order valence-corrected chi connectivity index (χ4v) is 5.39. The molecule has 1 aromatic carbocycles. The fourth-order valence-electron chi connectivity index (χ4n) is 2.79. The van der Waals surface area contributed by atoms with Gasteiger partial charge in [-0.2, -0.15) is 4.31 Å². The Bertz CT molecular complexity index is 883. The van der Waals surface area contributed by atoms with Crippen LogP contribution >= 0.6 is 27.7 Å². The van der Waals surface area contributed by atoms with Gasteiger partial charge in [0.15, 0.2) is 0 Å². The summed E-state index contributed by atoms with van der Waals surface area (Å²) in [6.07, 6.45) is 1.45. The van der Waals surface area contributed by atoms with E-state index in [0.29, 0.717) is 18.8 Å². The highest BCUT2D eigenvalue weighted by molar-refractivity contribution is 9.10. The zero-order valence-electron chi connectivity index (χ0n) is 15.3. The largest absolute Gasteiger partial charge is 0.496 e. The van der Waals surface area contributed by atoms with Crippen molar-refractivity contribution in [2.45, 2.75) is 15.7 Å². The van der Waals surface area contributed by atoms with Gasteiger partial charge in [-0.3, -0.25) is 0 Å². The van der Waals surface area contributed by atoms with Crippen molar-refractivity contribution in [1.82, 2.24) is 14.2 Å². The molecule has 0 radical (unpaired) electrons. The van der Waals surface area contributed by atoms with Crippen LogP contribution in [0.15, 0.2) is 50.9 Å². The summed E-state index contributed by atoms with van der Waals surface area (Å²) in [5, 5.41) is 0.773. The highest BCUT2D eigenvalue weighted by Crippen LogP contribution is 2.30. The van der Waals surface area contributed by atoms with E-state index in [1.54, 1.807) is 19.2 Å². The van der Waals surface area contributed by atoms with Crippen molar-refractivity contribution in [3.8, 4) is 5.75 Å². The molecular formula is C18H22BrN3O3S2. The molecule has 0 spiro atoms. The molecule has 0 N–H and O–H groups in total. The average Bonchev–Trinajstić information content (AvgIpc) is 2.67. The van der Waals surface area contributed by atoms with E-state index in [-0.39, 0.29) is 4.90 Å². The highest BCUT2D eigenvalue weighted by Gasteiger charge is 2.27. The van der Waals surface area contributed by atoms with Gasteiger partial charge in [0, 0.05) is 48.2 Å². The number of likely N-dealkylation sites (N-methyl/N-ethyl adjacent to an activating group) is 1. The minimum atomic E-state index is -3.48. The van der Waals surface area contributed by atoms with Crippen LogP contribution in [0.5, 0.6) is 5.75 Å². The van der Waals surface area contributed by atoms with E-state index in [9.17, 15) is 8.42 Å². The third-order valence-electron chi connectivity index (χ3n) is 4.43. The van der Waals surface area contributed by atoms with Crippen molar-refractivity contribution >= 4 is 37.7 Å². The van der Waals surface area contributed by atoms with Crippen molar-refractivity contribution < 1.29 is 13.2 Å². The molecule has 0 bridgehead atoms. The first kappa shape index (κ1) is 20.6. The molecule has 0 aliphatic carbocycles. The van der Waals surface area contributed by atoms with Crippen molar-refractivity contribution in [2.75, 3.05) is 40.3 Å². The van der Waals surface area contributed by atoms with Gasteiger partial charge in [0.2, 0.25) is 10.0 Å². The SMILES string of the molecule is COc1ccc(Br)cc1CSc1ccc(S(=O)(=O)N2CCN(C)CC2)cn1. The molecule has 0 unspecified atom stereocenters. The molecule has 1 fully saturated rings. The zero-order chi connectivity index (χ0) is 19.4. The van der Waals surface area contributed by atoms with Gasteiger partial charge in [-0.15, -0.1) is 11.8 Å². The molecule has 0 saturated carbocycles. The standard InChI is InChI=1S/C18H22BrN3O3S2/c1-21-7-9-22(10-8-21)27(23,24)16-4-6-18(20-12-16)26-13-14-11-15(19)3-5-17(14)25-2/h3-6,11-12H,7-10,13H2,1-2H3. The van der Waals surface area contributed by atoms with Gasteiger partial charge in [0.1, 0.15) is 10.6 Å². The number of pyridine rings is 1. The molecule has 2 heterocycles. The summed E-state index contributed by atoms with van der Waals surface area (Å²) in [7, 11) is 0.167. The molecule has 0 atom stereocenters. The first-order chi connectivity index (χ1) is 12.9. The topological polar surface area (TPSA) is 62.7 Å². The normalized spacial score (nSPS) is 16.4. The highest BCUT2D eigenvalue weighted by atomic mass is 79.9. The van der Waals surface area contributed by atoms with E-state index in [2.05, 4.69) is 25.8 Å². The molecule has 146 valence electrons. The molecule has 27 heavy (non-hydrogen) atoms. The number of hydrogen-bond donors (Lipinski definition) is 0. The van der Waals surface area contributed by atoms with Gasteiger partial charge in [0.05, 0.1) is 12.1 Å². The predicted molar refractivity (Wildman–Crippen MR) is 111 cm³/mol. The van der Waals surface area contributed by atoms with Crippen LogP contribution in [0, 0.1) is 0 Å². The number of aromatic nitrogens is 1. The summed E-state index contributed by atoms with van der Waals surface area (Å²) < 4.78 is 33.4. The third-order valence-corrected chi connectivity index (χ3v) is 7.80. The summed E-state index contributed by atoms with van der Waals surface area (Å²) in [6, 6.07) is 9.26. The molecule has 1 saturated heterocycles. The maximum atomic E-state index is 12.7. The number of thioether (sulfide) groups is 1. The summed E-state index contributed by atoms with van der Waals surface area (Å²) in [6.45, 7) is 2.51. The number of piperazine rings is 1. The summed E-state index contributed by atoms with van der Waals surface area (Å²) in [5.74, 6) is 1.50. The Morgan fingerprint density at radius 1 is 1.19 bits per heavy atom. The van der Waals surface area contributed by atoms with E-state index >= 15 is 0 Å². The Labute approximate surface area is 173 Å². The minimum Gasteiger partial charge on any atom is -0.496 e. The number of rotatable bonds is 6. The van der Waals surface area contributed by atoms with Crippen molar-refractivity contribution in [3.63, 3.8) is 0 Å². The quantitative estimate of drug-likeness (QED) is 0.603. The Hall–Kier alpha value is -1.13.